The maximum Gasteiger partial charge on any atom is 0.263 e. The second kappa shape index (κ2) is 7.06. The van der Waals surface area contributed by atoms with Crippen molar-refractivity contribution in [1.82, 2.24) is 40.0 Å². The summed E-state index contributed by atoms with van der Waals surface area (Å²) in [7, 11) is 0. The first-order chi connectivity index (χ1) is 13.5. The minimum Gasteiger partial charge on any atom is -0.342 e. The zero-order valence-electron chi connectivity index (χ0n) is 15.3. The smallest absolute Gasteiger partial charge is 0.263 e. The Morgan fingerprint density at radius 1 is 1.32 bits per heavy atom. The van der Waals surface area contributed by atoms with Gasteiger partial charge in [-0.15, -0.1) is 0 Å². The van der Waals surface area contributed by atoms with Crippen molar-refractivity contribution < 1.29 is 4.79 Å². The summed E-state index contributed by atoms with van der Waals surface area (Å²) in [6.07, 6.45) is 4.16. The van der Waals surface area contributed by atoms with Crippen molar-refractivity contribution in [3.63, 3.8) is 0 Å². The zero-order valence-corrected chi connectivity index (χ0v) is 15.3. The van der Waals surface area contributed by atoms with Gasteiger partial charge in [-0.25, -0.2) is 19.6 Å². The molecule has 142 valence electrons. The fourth-order valence-corrected chi connectivity index (χ4v) is 2.83. The van der Waals surface area contributed by atoms with Crippen LogP contribution in [0.2, 0.25) is 0 Å². The second-order valence-electron chi connectivity index (χ2n) is 6.50. The number of amides is 1. The van der Waals surface area contributed by atoms with Crippen LogP contribution in [0.25, 0.3) is 11.0 Å². The number of nitrogens with one attached hydrogen (secondary N) is 3. The largest absolute Gasteiger partial charge is 0.342 e. The van der Waals surface area contributed by atoms with Gasteiger partial charge in [0.1, 0.15) is 36.4 Å². The van der Waals surface area contributed by atoms with Gasteiger partial charge in [-0.3, -0.25) is 9.59 Å². The summed E-state index contributed by atoms with van der Waals surface area (Å²) in [4.78, 5) is 43.0. The van der Waals surface area contributed by atoms with E-state index in [9.17, 15) is 9.59 Å². The SMILES string of the molecule is Cc1ccc2nc(C(C)NC(=O)c3cnc(Cn4cncn4)[nH]c3=O)[nH]c2c1. The van der Waals surface area contributed by atoms with Crippen LogP contribution in [-0.2, 0) is 6.54 Å². The standard InChI is InChI=1S/C18H18N8O2/c1-10-3-4-13-14(5-10)24-16(23-13)11(2)22-17(27)12-6-20-15(25-18(12)28)7-26-9-19-8-21-26/h3-6,8-9,11H,7H2,1-2H3,(H,22,27)(H,23,24)(H,20,25,28). The van der Waals surface area contributed by atoms with Crippen LogP contribution in [0.5, 0.6) is 0 Å². The molecule has 3 N–H and O–H groups in total. The molecule has 1 atom stereocenters. The van der Waals surface area contributed by atoms with Gasteiger partial charge >= 0.3 is 0 Å². The Kier molecular flexibility index (Phi) is 4.44. The maximum absolute atomic E-state index is 12.5. The highest BCUT2D eigenvalue weighted by Crippen LogP contribution is 2.17. The van der Waals surface area contributed by atoms with E-state index in [4.69, 9.17) is 0 Å². The van der Waals surface area contributed by atoms with Gasteiger partial charge in [-0.2, -0.15) is 5.10 Å². The monoisotopic (exact) mass is 378 g/mol. The number of aryl methyl sites for hydroxylation is 1. The van der Waals surface area contributed by atoms with Gasteiger partial charge in [0, 0.05) is 6.20 Å². The Labute approximate surface area is 159 Å². The molecule has 0 fully saturated rings. The van der Waals surface area contributed by atoms with Crippen molar-refractivity contribution in [2.45, 2.75) is 26.4 Å². The number of rotatable bonds is 5. The fraction of sp³-hybridized carbons (Fsp3) is 0.222. The molecule has 28 heavy (non-hydrogen) atoms. The predicted molar refractivity (Wildman–Crippen MR) is 101 cm³/mol. The molecule has 10 nitrogen and oxygen atoms in total. The van der Waals surface area contributed by atoms with E-state index < -0.39 is 17.5 Å². The van der Waals surface area contributed by atoms with Gasteiger partial charge in [0.15, 0.2) is 0 Å². The number of H-pyrrole nitrogens is 2. The first-order valence-corrected chi connectivity index (χ1v) is 8.67. The highest BCUT2D eigenvalue weighted by atomic mass is 16.2. The molecule has 0 bridgehead atoms. The summed E-state index contributed by atoms with van der Waals surface area (Å²) in [5.74, 6) is 0.471. The number of fused-ring (bicyclic) bond motifs is 1. The van der Waals surface area contributed by atoms with Gasteiger partial charge in [0.25, 0.3) is 11.5 Å². The molecule has 0 spiro atoms. The van der Waals surface area contributed by atoms with E-state index in [-0.39, 0.29) is 12.1 Å². The first kappa shape index (κ1) is 17.6. The molecule has 1 aromatic carbocycles. The quantitative estimate of drug-likeness (QED) is 0.476. The minimum absolute atomic E-state index is 0.0684. The van der Waals surface area contributed by atoms with Crippen LogP contribution in [0.15, 0.2) is 41.8 Å². The Bertz CT molecular complexity index is 1190. The summed E-state index contributed by atoms with van der Waals surface area (Å²) in [6.45, 7) is 4.05. The Morgan fingerprint density at radius 3 is 2.93 bits per heavy atom. The lowest BCUT2D eigenvalue weighted by Gasteiger charge is -2.11. The number of aromatic amines is 2. The molecular formula is C18H18N8O2. The third-order valence-electron chi connectivity index (χ3n) is 4.29. The summed E-state index contributed by atoms with van der Waals surface area (Å²) in [6, 6.07) is 5.47. The van der Waals surface area contributed by atoms with Crippen molar-refractivity contribution in [3.05, 3.63) is 70.2 Å². The van der Waals surface area contributed by atoms with Crippen LogP contribution in [-0.4, -0.2) is 40.6 Å². The number of carbonyl (C=O) groups is 1. The van der Waals surface area contributed by atoms with E-state index in [0.29, 0.717) is 11.6 Å². The van der Waals surface area contributed by atoms with Gasteiger partial charge in [-0.05, 0) is 31.5 Å². The molecule has 3 heterocycles. The molecule has 1 unspecified atom stereocenters. The summed E-state index contributed by atoms with van der Waals surface area (Å²) >= 11 is 0. The molecule has 3 aromatic heterocycles. The van der Waals surface area contributed by atoms with E-state index in [1.54, 1.807) is 6.92 Å². The van der Waals surface area contributed by atoms with Crippen LogP contribution in [0.1, 0.15) is 40.5 Å². The summed E-state index contributed by atoms with van der Waals surface area (Å²) < 4.78 is 1.52. The lowest BCUT2D eigenvalue weighted by molar-refractivity contribution is 0.0936. The molecule has 0 aliphatic carbocycles. The van der Waals surface area contributed by atoms with E-state index >= 15 is 0 Å². The molecular weight excluding hydrogens is 360 g/mol. The van der Waals surface area contributed by atoms with Crippen LogP contribution < -0.4 is 10.9 Å². The van der Waals surface area contributed by atoms with Gasteiger partial charge < -0.3 is 15.3 Å². The number of imidazole rings is 1. The average Bonchev–Trinajstić information content (AvgIpc) is 3.30. The maximum atomic E-state index is 12.5. The second-order valence-corrected chi connectivity index (χ2v) is 6.50. The third-order valence-corrected chi connectivity index (χ3v) is 4.29. The minimum atomic E-state index is -0.523. The number of carbonyl (C=O) groups excluding carboxylic acids is 1. The molecule has 4 rings (SSSR count). The number of hydrogen-bond donors (Lipinski definition) is 3. The lowest BCUT2D eigenvalue weighted by atomic mass is 10.2. The normalized spacial score (nSPS) is 12.2. The topological polar surface area (TPSA) is 134 Å². The van der Waals surface area contributed by atoms with Crippen LogP contribution in [0.4, 0.5) is 0 Å². The molecule has 1 amide bonds. The van der Waals surface area contributed by atoms with Crippen LogP contribution in [0, 0.1) is 6.92 Å². The highest BCUT2D eigenvalue weighted by molar-refractivity contribution is 5.93. The number of benzene rings is 1. The molecule has 0 aliphatic rings. The van der Waals surface area contributed by atoms with Crippen molar-refractivity contribution in [3.8, 4) is 0 Å². The van der Waals surface area contributed by atoms with Gasteiger partial charge in [-0.1, -0.05) is 6.07 Å². The fourth-order valence-electron chi connectivity index (χ4n) is 2.83. The molecule has 0 saturated heterocycles. The molecule has 4 aromatic rings. The van der Waals surface area contributed by atoms with Crippen LogP contribution in [0.3, 0.4) is 0 Å². The number of nitrogens with zero attached hydrogens (tertiary/aromatic N) is 5. The molecule has 0 saturated carbocycles. The predicted octanol–water partition coefficient (Wildman–Crippen LogP) is 1.09. The zero-order chi connectivity index (χ0) is 19.7. The van der Waals surface area contributed by atoms with E-state index in [1.165, 1.54) is 23.5 Å². The van der Waals surface area contributed by atoms with Gasteiger partial charge in [0.2, 0.25) is 0 Å². The Hall–Kier alpha value is -3.82. The Morgan fingerprint density at radius 2 is 2.18 bits per heavy atom. The summed E-state index contributed by atoms with van der Waals surface area (Å²) in [5, 5.41) is 6.72. The highest BCUT2D eigenvalue weighted by Gasteiger charge is 2.18. The number of hydrogen-bond acceptors (Lipinski definition) is 6. The van der Waals surface area contributed by atoms with E-state index in [2.05, 4.69) is 35.3 Å². The van der Waals surface area contributed by atoms with Crippen LogP contribution >= 0.6 is 0 Å². The van der Waals surface area contributed by atoms with Crippen molar-refractivity contribution in [1.29, 1.82) is 0 Å². The van der Waals surface area contributed by atoms with Crippen molar-refractivity contribution >= 4 is 16.9 Å². The van der Waals surface area contributed by atoms with E-state index in [0.717, 1.165) is 16.6 Å². The lowest BCUT2D eigenvalue weighted by Crippen LogP contribution is -2.33. The number of aromatic nitrogens is 7. The van der Waals surface area contributed by atoms with Crippen molar-refractivity contribution in [2.24, 2.45) is 0 Å². The molecule has 0 radical (unpaired) electrons. The Balaban J connectivity index is 1.49. The van der Waals surface area contributed by atoms with Gasteiger partial charge in [0.05, 0.1) is 17.1 Å². The summed E-state index contributed by atoms with van der Waals surface area (Å²) in [5.41, 5.74) is 2.24. The molecule has 10 heteroatoms. The van der Waals surface area contributed by atoms with Crippen molar-refractivity contribution in [2.75, 3.05) is 0 Å². The molecule has 0 aliphatic heterocycles. The average molecular weight is 378 g/mol. The first-order valence-electron chi connectivity index (χ1n) is 8.67. The third kappa shape index (κ3) is 3.52. The van der Waals surface area contributed by atoms with E-state index in [1.807, 2.05) is 25.1 Å².